The molecule has 1 aromatic heterocycles. The van der Waals surface area contributed by atoms with Crippen LogP contribution in [0.25, 0.3) is 12.2 Å². The Bertz CT molecular complexity index is 1010. The van der Waals surface area contributed by atoms with Gasteiger partial charge in [-0.2, -0.15) is 0 Å². The number of anilines is 1. The Balaban J connectivity index is 1.75. The second kappa shape index (κ2) is 8.51. The first kappa shape index (κ1) is 18.7. The molecule has 6 heteroatoms. The Labute approximate surface area is 159 Å². The topological polar surface area (TPSA) is 68.3 Å². The van der Waals surface area contributed by atoms with E-state index < -0.39 is 10.0 Å². The van der Waals surface area contributed by atoms with Crippen LogP contribution in [-0.2, 0) is 10.0 Å². The number of hydrogen-bond donors (Lipinski definition) is 1. The van der Waals surface area contributed by atoms with Gasteiger partial charge in [-0.25, -0.2) is 8.42 Å². The number of sulfonamides is 1. The van der Waals surface area contributed by atoms with Crippen LogP contribution >= 0.6 is 0 Å². The van der Waals surface area contributed by atoms with E-state index in [1.165, 1.54) is 12.1 Å². The van der Waals surface area contributed by atoms with Gasteiger partial charge < -0.3 is 4.74 Å². The van der Waals surface area contributed by atoms with E-state index in [9.17, 15) is 8.42 Å². The van der Waals surface area contributed by atoms with Gasteiger partial charge in [-0.15, -0.1) is 0 Å². The second-order valence-electron chi connectivity index (χ2n) is 5.72. The van der Waals surface area contributed by atoms with Crippen molar-refractivity contribution in [1.82, 2.24) is 4.98 Å². The molecule has 0 radical (unpaired) electrons. The van der Waals surface area contributed by atoms with E-state index in [1.807, 2.05) is 43.3 Å². The Morgan fingerprint density at radius 2 is 1.81 bits per heavy atom. The summed E-state index contributed by atoms with van der Waals surface area (Å²) in [5.74, 6) is 0.637. The van der Waals surface area contributed by atoms with Gasteiger partial charge >= 0.3 is 0 Å². The lowest BCUT2D eigenvalue weighted by Gasteiger charge is -2.09. The van der Waals surface area contributed by atoms with Gasteiger partial charge in [0.2, 0.25) is 0 Å². The van der Waals surface area contributed by atoms with Crippen LogP contribution < -0.4 is 9.46 Å². The van der Waals surface area contributed by atoms with Crippen LogP contribution in [0, 0.1) is 0 Å². The van der Waals surface area contributed by atoms with E-state index in [4.69, 9.17) is 4.74 Å². The standard InChI is InChI=1S/C21H20N2O3S/c1-2-26-20-11-13-21(14-12-20)27(24,25)23-19-8-5-6-17(16-19)9-10-18-7-3-4-15-22-18/h3-16,23H,2H2,1H3. The maximum absolute atomic E-state index is 12.6. The van der Waals surface area contributed by atoms with E-state index >= 15 is 0 Å². The first-order valence-corrected chi connectivity index (χ1v) is 10.00. The van der Waals surface area contributed by atoms with E-state index in [0.29, 0.717) is 18.0 Å². The van der Waals surface area contributed by atoms with E-state index in [2.05, 4.69) is 9.71 Å². The molecule has 0 aliphatic carbocycles. The van der Waals surface area contributed by atoms with Crippen molar-refractivity contribution in [2.24, 2.45) is 0 Å². The van der Waals surface area contributed by atoms with Crippen molar-refractivity contribution in [2.75, 3.05) is 11.3 Å². The minimum Gasteiger partial charge on any atom is -0.494 e. The number of aromatic nitrogens is 1. The lowest BCUT2D eigenvalue weighted by atomic mass is 10.2. The highest BCUT2D eigenvalue weighted by atomic mass is 32.2. The number of rotatable bonds is 7. The van der Waals surface area contributed by atoms with Crippen LogP contribution in [0.5, 0.6) is 5.75 Å². The van der Waals surface area contributed by atoms with Crippen molar-refractivity contribution in [3.05, 3.63) is 84.2 Å². The summed E-state index contributed by atoms with van der Waals surface area (Å²) in [5, 5.41) is 0. The third-order valence-corrected chi connectivity index (χ3v) is 5.12. The molecule has 0 fully saturated rings. The van der Waals surface area contributed by atoms with Crippen molar-refractivity contribution in [2.45, 2.75) is 11.8 Å². The summed E-state index contributed by atoms with van der Waals surface area (Å²) in [7, 11) is -3.67. The first-order chi connectivity index (χ1) is 13.1. The molecule has 5 nitrogen and oxygen atoms in total. The first-order valence-electron chi connectivity index (χ1n) is 8.52. The molecule has 0 atom stereocenters. The largest absolute Gasteiger partial charge is 0.494 e. The summed E-state index contributed by atoms with van der Waals surface area (Å²) in [6.45, 7) is 2.41. The van der Waals surface area contributed by atoms with Crippen LogP contribution in [0.3, 0.4) is 0 Å². The van der Waals surface area contributed by atoms with Gasteiger partial charge in [-0.3, -0.25) is 9.71 Å². The maximum atomic E-state index is 12.6. The summed E-state index contributed by atoms with van der Waals surface area (Å²) >= 11 is 0. The number of ether oxygens (including phenoxy) is 1. The number of nitrogens with zero attached hydrogens (tertiary/aromatic N) is 1. The van der Waals surface area contributed by atoms with Gasteiger partial charge in [-0.05, 0) is 67.1 Å². The van der Waals surface area contributed by atoms with Crippen LogP contribution in [0.2, 0.25) is 0 Å². The Hall–Kier alpha value is -3.12. The highest BCUT2D eigenvalue weighted by molar-refractivity contribution is 7.92. The third kappa shape index (κ3) is 5.18. The summed E-state index contributed by atoms with van der Waals surface area (Å²) in [6.07, 6.45) is 5.48. The summed E-state index contributed by atoms with van der Waals surface area (Å²) in [4.78, 5) is 4.41. The fourth-order valence-corrected chi connectivity index (χ4v) is 3.51. The van der Waals surface area contributed by atoms with Crippen LogP contribution in [0.4, 0.5) is 5.69 Å². The smallest absolute Gasteiger partial charge is 0.261 e. The molecule has 2 aromatic carbocycles. The second-order valence-corrected chi connectivity index (χ2v) is 7.41. The maximum Gasteiger partial charge on any atom is 0.261 e. The van der Waals surface area contributed by atoms with Crippen LogP contribution in [0.15, 0.2) is 77.8 Å². The van der Waals surface area contributed by atoms with Crippen molar-refractivity contribution in [1.29, 1.82) is 0 Å². The SMILES string of the molecule is CCOc1ccc(S(=O)(=O)Nc2cccc(C=Cc3ccccn3)c2)cc1. The molecule has 0 spiro atoms. The van der Waals surface area contributed by atoms with Crippen molar-refractivity contribution < 1.29 is 13.2 Å². The molecule has 0 bridgehead atoms. The zero-order chi connectivity index (χ0) is 19.1. The minimum atomic E-state index is -3.67. The summed E-state index contributed by atoms with van der Waals surface area (Å²) < 4.78 is 33.1. The average molecular weight is 380 g/mol. The molecule has 27 heavy (non-hydrogen) atoms. The quantitative estimate of drug-likeness (QED) is 0.657. The molecule has 0 amide bonds. The molecule has 138 valence electrons. The minimum absolute atomic E-state index is 0.181. The molecule has 0 aliphatic heterocycles. The number of pyridine rings is 1. The molecule has 0 saturated heterocycles. The predicted octanol–water partition coefficient (Wildman–Crippen LogP) is 4.45. The monoisotopic (exact) mass is 380 g/mol. The Morgan fingerprint density at radius 3 is 2.52 bits per heavy atom. The lowest BCUT2D eigenvalue weighted by molar-refractivity contribution is 0.340. The zero-order valence-corrected chi connectivity index (χ0v) is 15.7. The molecule has 0 saturated carbocycles. The molecular weight excluding hydrogens is 360 g/mol. The average Bonchev–Trinajstić information content (AvgIpc) is 2.68. The normalized spacial score (nSPS) is 11.4. The van der Waals surface area contributed by atoms with E-state index in [-0.39, 0.29) is 4.90 Å². The van der Waals surface area contributed by atoms with E-state index in [0.717, 1.165) is 11.3 Å². The predicted molar refractivity (Wildman–Crippen MR) is 108 cm³/mol. The van der Waals surface area contributed by atoms with Crippen LogP contribution in [-0.4, -0.2) is 20.0 Å². The molecular formula is C21H20N2O3S. The van der Waals surface area contributed by atoms with Crippen LogP contribution in [0.1, 0.15) is 18.2 Å². The fourth-order valence-electron chi connectivity index (χ4n) is 2.46. The van der Waals surface area contributed by atoms with Crippen molar-refractivity contribution in [3.8, 4) is 5.75 Å². The molecule has 3 rings (SSSR count). The Morgan fingerprint density at radius 1 is 1.00 bits per heavy atom. The molecule has 0 aliphatic rings. The molecule has 1 heterocycles. The number of benzene rings is 2. The summed E-state index contributed by atoms with van der Waals surface area (Å²) in [5.41, 5.74) is 2.19. The van der Waals surface area contributed by atoms with Gasteiger partial charge in [0.05, 0.1) is 17.2 Å². The zero-order valence-electron chi connectivity index (χ0n) is 14.9. The molecule has 0 unspecified atom stereocenters. The number of nitrogens with one attached hydrogen (secondary N) is 1. The van der Waals surface area contributed by atoms with Gasteiger partial charge in [0.15, 0.2) is 0 Å². The van der Waals surface area contributed by atoms with Crippen molar-refractivity contribution >= 4 is 27.9 Å². The van der Waals surface area contributed by atoms with Gasteiger partial charge in [0.1, 0.15) is 5.75 Å². The van der Waals surface area contributed by atoms with Gasteiger partial charge in [0.25, 0.3) is 10.0 Å². The lowest BCUT2D eigenvalue weighted by Crippen LogP contribution is -2.12. The highest BCUT2D eigenvalue weighted by Crippen LogP contribution is 2.20. The summed E-state index contributed by atoms with van der Waals surface area (Å²) in [6, 6.07) is 19.2. The fraction of sp³-hybridized carbons (Fsp3) is 0.0952. The van der Waals surface area contributed by atoms with Gasteiger partial charge in [0, 0.05) is 11.9 Å². The van der Waals surface area contributed by atoms with Gasteiger partial charge in [-0.1, -0.05) is 24.3 Å². The van der Waals surface area contributed by atoms with Crippen molar-refractivity contribution in [3.63, 3.8) is 0 Å². The number of hydrogen-bond acceptors (Lipinski definition) is 4. The molecule has 1 N–H and O–H groups in total. The Kier molecular flexibility index (Phi) is 5.88. The third-order valence-electron chi connectivity index (χ3n) is 3.72. The molecule has 3 aromatic rings. The van der Waals surface area contributed by atoms with E-state index in [1.54, 1.807) is 36.5 Å². The highest BCUT2D eigenvalue weighted by Gasteiger charge is 2.14.